The van der Waals surface area contributed by atoms with Crippen LogP contribution in [0.15, 0.2) is 15.3 Å². The van der Waals surface area contributed by atoms with Crippen LogP contribution in [-0.4, -0.2) is 22.7 Å². The molecular weight excluding hydrogens is 270 g/mol. The van der Waals surface area contributed by atoms with E-state index in [2.05, 4.69) is 40.1 Å². The van der Waals surface area contributed by atoms with Gasteiger partial charge in [-0.1, -0.05) is 24.9 Å². The quantitative estimate of drug-likeness (QED) is 0.932. The van der Waals surface area contributed by atoms with E-state index in [-0.39, 0.29) is 0 Å². The van der Waals surface area contributed by atoms with Gasteiger partial charge < -0.3 is 9.84 Å². The number of nitrogens with zero attached hydrogens (tertiary/aromatic N) is 2. The van der Waals surface area contributed by atoms with Gasteiger partial charge in [0.15, 0.2) is 0 Å². The molecule has 2 unspecified atom stereocenters. The van der Waals surface area contributed by atoms with Crippen molar-refractivity contribution in [2.75, 3.05) is 6.54 Å². The summed E-state index contributed by atoms with van der Waals surface area (Å²) in [6.07, 6.45) is 4.89. The van der Waals surface area contributed by atoms with Gasteiger partial charge in [-0.3, -0.25) is 0 Å². The predicted octanol–water partition coefficient (Wildman–Crippen LogP) is 3.74. The molecule has 4 nitrogen and oxygen atoms in total. The topological polar surface area (TPSA) is 51.0 Å². The largest absolute Gasteiger partial charge is 0.339 e. The average Bonchev–Trinajstić information content (AvgIpc) is 3.08. The summed E-state index contributed by atoms with van der Waals surface area (Å²) in [5.74, 6) is 1.90. The molecule has 20 heavy (non-hydrogen) atoms. The third-order valence-electron chi connectivity index (χ3n) is 4.09. The molecule has 2 aromatic rings. The normalized spacial score (nSPS) is 23.1. The molecule has 0 aliphatic heterocycles. The lowest BCUT2D eigenvalue weighted by Gasteiger charge is -2.29. The van der Waals surface area contributed by atoms with Crippen LogP contribution in [0.2, 0.25) is 0 Å². The van der Waals surface area contributed by atoms with Crippen molar-refractivity contribution in [3.63, 3.8) is 0 Å². The van der Waals surface area contributed by atoms with Gasteiger partial charge in [-0.15, -0.1) is 0 Å². The Labute approximate surface area is 123 Å². The molecule has 2 aromatic heterocycles. The van der Waals surface area contributed by atoms with Gasteiger partial charge in [0.1, 0.15) is 0 Å². The molecule has 108 valence electrons. The Balaban J connectivity index is 1.83. The lowest BCUT2D eigenvalue weighted by molar-refractivity contribution is 0.265. The van der Waals surface area contributed by atoms with Crippen LogP contribution >= 0.6 is 11.3 Å². The van der Waals surface area contributed by atoms with Crippen molar-refractivity contribution in [3.05, 3.63) is 22.2 Å². The molecule has 1 N–H and O–H groups in total. The molecule has 1 fully saturated rings. The van der Waals surface area contributed by atoms with Gasteiger partial charge in [0.2, 0.25) is 11.7 Å². The molecule has 1 saturated carbocycles. The second-order valence-electron chi connectivity index (χ2n) is 5.48. The molecular formula is C15H21N3OS. The molecule has 0 spiro atoms. The zero-order valence-electron chi connectivity index (χ0n) is 12.1. The van der Waals surface area contributed by atoms with Crippen molar-refractivity contribution >= 4 is 11.3 Å². The molecule has 0 radical (unpaired) electrons. The van der Waals surface area contributed by atoms with Crippen molar-refractivity contribution in [1.29, 1.82) is 0 Å². The Hall–Kier alpha value is -1.20. The number of hydrogen-bond acceptors (Lipinski definition) is 5. The van der Waals surface area contributed by atoms with Gasteiger partial charge >= 0.3 is 0 Å². The summed E-state index contributed by atoms with van der Waals surface area (Å²) in [4.78, 5) is 4.66. The van der Waals surface area contributed by atoms with Crippen LogP contribution in [0.25, 0.3) is 11.4 Å². The second-order valence-corrected chi connectivity index (χ2v) is 6.22. The van der Waals surface area contributed by atoms with Crippen LogP contribution in [-0.2, 0) is 0 Å². The fourth-order valence-electron chi connectivity index (χ4n) is 3.02. The fourth-order valence-corrected chi connectivity index (χ4v) is 3.84. The number of aryl methyl sites for hydroxylation is 1. The minimum atomic E-state index is 0.365. The van der Waals surface area contributed by atoms with E-state index >= 15 is 0 Å². The van der Waals surface area contributed by atoms with Gasteiger partial charge in [-0.2, -0.15) is 16.3 Å². The SMILES string of the molecule is CCNC1CCCCC1c1nc(-c2cscc2C)no1. The van der Waals surface area contributed by atoms with E-state index in [9.17, 15) is 0 Å². The van der Waals surface area contributed by atoms with Crippen molar-refractivity contribution in [3.8, 4) is 11.4 Å². The highest BCUT2D eigenvalue weighted by atomic mass is 32.1. The van der Waals surface area contributed by atoms with E-state index in [4.69, 9.17) is 4.52 Å². The Morgan fingerprint density at radius 2 is 2.20 bits per heavy atom. The first kappa shape index (κ1) is 13.8. The summed E-state index contributed by atoms with van der Waals surface area (Å²) in [5, 5.41) is 12.0. The molecule has 5 heteroatoms. The average molecular weight is 291 g/mol. The lowest BCUT2D eigenvalue weighted by Crippen LogP contribution is -2.37. The van der Waals surface area contributed by atoms with Crippen LogP contribution in [0, 0.1) is 6.92 Å². The summed E-state index contributed by atoms with van der Waals surface area (Å²) in [6, 6.07) is 0.477. The molecule has 0 saturated heterocycles. The molecule has 0 aromatic carbocycles. The molecule has 0 bridgehead atoms. The zero-order chi connectivity index (χ0) is 13.9. The first-order valence-electron chi connectivity index (χ1n) is 7.39. The van der Waals surface area contributed by atoms with Gasteiger partial charge in [0.25, 0.3) is 0 Å². The number of aromatic nitrogens is 2. The summed E-state index contributed by atoms with van der Waals surface area (Å²) >= 11 is 1.68. The predicted molar refractivity (Wildman–Crippen MR) is 81.0 cm³/mol. The van der Waals surface area contributed by atoms with E-state index in [0.717, 1.165) is 30.2 Å². The molecule has 2 atom stereocenters. The Morgan fingerprint density at radius 1 is 1.35 bits per heavy atom. The minimum absolute atomic E-state index is 0.365. The number of rotatable bonds is 4. The zero-order valence-corrected chi connectivity index (χ0v) is 12.9. The monoisotopic (exact) mass is 291 g/mol. The number of hydrogen-bond donors (Lipinski definition) is 1. The van der Waals surface area contributed by atoms with Crippen LogP contribution in [0.4, 0.5) is 0 Å². The number of nitrogens with one attached hydrogen (secondary N) is 1. The Kier molecular flexibility index (Phi) is 4.17. The maximum atomic E-state index is 5.56. The van der Waals surface area contributed by atoms with E-state index in [1.165, 1.54) is 24.8 Å². The van der Waals surface area contributed by atoms with Crippen molar-refractivity contribution in [2.24, 2.45) is 0 Å². The van der Waals surface area contributed by atoms with Crippen molar-refractivity contribution < 1.29 is 4.52 Å². The Bertz CT molecular complexity index is 561. The maximum Gasteiger partial charge on any atom is 0.231 e. The second kappa shape index (κ2) is 6.06. The molecule has 0 amide bonds. The Morgan fingerprint density at radius 3 is 2.95 bits per heavy atom. The van der Waals surface area contributed by atoms with Crippen LogP contribution in [0.3, 0.4) is 0 Å². The highest BCUT2D eigenvalue weighted by Crippen LogP contribution is 2.33. The summed E-state index contributed by atoms with van der Waals surface area (Å²) in [5.41, 5.74) is 2.31. The highest BCUT2D eigenvalue weighted by Gasteiger charge is 2.30. The van der Waals surface area contributed by atoms with Gasteiger partial charge in [-0.05, 0) is 37.3 Å². The van der Waals surface area contributed by atoms with Crippen LogP contribution < -0.4 is 5.32 Å². The third-order valence-corrected chi connectivity index (χ3v) is 4.95. The smallest absolute Gasteiger partial charge is 0.231 e. The highest BCUT2D eigenvalue weighted by molar-refractivity contribution is 7.08. The first-order valence-corrected chi connectivity index (χ1v) is 8.34. The maximum absolute atomic E-state index is 5.56. The minimum Gasteiger partial charge on any atom is -0.339 e. The first-order chi connectivity index (χ1) is 9.79. The van der Waals surface area contributed by atoms with E-state index < -0.39 is 0 Å². The van der Waals surface area contributed by atoms with Crippen molar-refractivity contribution in [2.45, 2.75) is 51.5 Å². The summed E-state index contributed by atoms with van der Waals surface area (Å²) < 4.78 is 5.56. The number of thiophene rings is 1. The summed E-state index contributed by atoms with van der Waals surface area (Å²) in [6.45, 7) is 5.23. The summed E-state index contributed by atoms with van der Waals surface area (Å²) in [7, 11) is 0. The van der Waals surface area contributed by atoms with E-state index in [0.29, 0.717) is 12.0 Å². The van der Waals surface area contributed by atoms with Gasteiger partial charge in [-0.25, -0.2) is 0 Å². The molecule has 1 aliphatic carbocycles. The van der Waals surface area contributed by atoms with E-state index in [1.807, 2.05) is 0 Å². The third kappa shape index (κ3) is 2.65. The van der Waals surface area contributed by atoms with E-state index in [1.54, 1.807) is 11.3 Å². The van der Waals surface area contributed by atoms with Gasteiger partial charge in [0.05, 0.1) is 5.92 Å². The van der Waals surface area contributed by atoms with Gasteiger partial charge in [0, 0.05) is 17.0 Å². The van der Waals surface area contributed by atoms with Crippen molar-refractivity contribution in [1.82, 2.24) is 15.5 Å². The van der Waals surface area contributed by atoms with Crippen LogP contribution in [0.1, 0.15) is 50.0 Å². The standard InChI is InChI=1S/C15H21N3OS/c1-3-16-13-7-5-4-6-11(13)15-17-14(18-19-15)12-9-20-8-10(12)2/h8-9,11,13,16H,3-7H2,1-2H3. The molecule has 2 heterocycles. The fraction of sp³-hybridized carbons (Fsp3) is 0.600. The molecule has 3 rings (SSSR count). The molecule has 1 aliphatic rings. The number of likely N-dealkylation sites (N-methyl/N-ethyl adjacent to an activating group) is 1. The van der Waals surface area contributed by atoms with Crippen LogP contribution in [0.5, 0.6) is 0 Å². The lowest BCUT2D eigenvalue weighted by atomic mass is 9.84.